The van der Waals surface area contributed by atoms with Crippen LogP contribution in [0.25, 0.3) is 0 Å². The Morgan fingerprint density at radius 3 is 2.81 bits per heavy atom. The first-order valence-electron chi connectivity index (χ1n) is 8.00. The fraction of sp³-hybridized carbons (Fsp3) is 0.294. The van der Waals surface area contributed by atoms with E-state index in [1.54, 1.807) is 6.92 Å². The number of ether oxygens (including phenoxy) is 1. The first-order chi connectivity index (χ1) is 12.7. The van der Waals surface area contributed by atoms with Crippen molar-refractivity contribution >= 4 is 54.0 Å². The highest BCUT2D eigenvalue weighted by Gasteiger charge is 2.32. The van der Waals surface area contributed by atoms with Gasteiger partial charge in [-0.15, -0.1) is 11.3 Å². The van der Waals surface area contributed by atoms with Gasteiger partial charge in [0.1, 0.15) is 10.8 Å². The number of nitrogens with one attached hydrogen (secondary N) is 1. The molecule has 1 N–H and O–H groups in total. The van der Waals surface area contributed by atoms with Crippen molar-refractivity contribution < 1.29 is 27.1 Å². The zero-order chi connectivity index (χ0) is 19.8. The number of carbonyl (C=O) groups excluding carboxylic acids is 2. The summed E-state index contributed by atoms with van der Waals surface area (Å²) >= 11 is 4.22. The molecule has 0 bridgehead atoms. The fourth-order valence-electron chi connectivity index (χ4n) is 2.77. The van der Waals surface area contributed by atoms with Gasteiger partial charge in [0, 0.05) is 9.35 Å². The normalized spacial score (nSPS) is 15.1. The maximum Gasteiger partial charge on any atom is 0.341 e. The third-order valence-electron chi connectivity index (χ3n) is 3.98. The molecule has 0 saturated carbocycles. The van der Waals surface area contributed by atoms with Gasteiger partial charge in [-0.25, -0.2) is 17.6 Å². The van der Waals surface area contributed by atoms with Crippen molar-refractivity contribution in [3.05, 3.63) is 50.1 Å². The Morgan fingerprint density at radius 1 is 1.37 bits per heavy atom. The lowest BCUT2D eigenvalue weighted by atomic mass is 10.1. The summed E-state index contributed by atoms with van der Waals surface area (Å²) in [5.41, 5.74) is 0.818. The van der Waals surface area contributed by atoms with Gasteiger partial charge in [-0.1, -0.05) is 0 Å². The number of rotatable bonds is 4. The Balaban J connectivity index is 2.01. The number of thiophene rings is 1. The molecule has 0 unspecified atom stereocenters. The van der Waals surface area contributed by atoms with Crippen LogP contribution in [-0.2, 0) is 26.7 Å². The molecule has 0 saturated heterocycles. The highest BCUT2D eigenvalue weighted by Crippen LogP contribution is 2.38. The molecule has 144 valence electrons. The number of amides is 1. The van der Waals surface area contributed by atoms with Crippen LogP contribution in [0.4, 0.5) is 9.39 Å². The van der Waals surface area contributed by atoms with E-state index in [0.717, 1.165) is 17.4 Å². The SMILES string of the molecule is CCOC(=O)c1c(NC(=O)c2cc(F)ccc2Br)sc2c1CCS(=O)(=O)C2. The lowest BCUT2D eigenvalue weighted by molar-refractivity contribution is 0.0527. The van der Waals surface area contributed by atoms with Crippen LogP contribution in [0.5, 0.6) is 0 Å². The summed E-state index contributed by atoms with van der Waals surface area (Å²) in [7, 11) is -3.24. The number of benzene rings is 1. The monoisotopic (exact) mass is 475 g/mol. The first kappa shape index (κ1) is 20.0. The van der Waals surface area contributed by atoms with Crippen LogP contribution in [0, 0.1) is 5.82 Å². The van der Waals surface area contributed by atoms with Crippen LogP contribution in [0.1, 0.15) is 38.1 Å². The summed E-state index contributed by atoms with van der Waals surface area (Å²) in [5.74, 6) is -2.06. The predicted molar refractivity (Wildman–Crippen MR) is 104 cm³/mol. The lowest BCUT2D eigenvalue weighted by Gasteiger charge is -2.13. The van der Waals surface area contributed by atoms with E-state index >= 15 is 0 Å². The zero-order valence-electron chi connectivity index (χ0n) is 14.2. The number of sulfone groups is 1. The molecule has 2 heterocycles. The van der Waals surface area contributed by atoms with E-state index in [0.29, 0.717) is 14.9 Å². The van der Waals surface area contributed by atoms with Crippen molar-refractivity contribution in [3.63, 3.8) is 0 Å². The van der Waals surface area contributed by atoms with E-state index in [-0.39, 0.29) is 40.7 Å². The maximum absolute atomic E-state index is 13.5. The molecule has 1 aromatic carbocycles. The van der Waals surface area contributed by atoms with Crippen molar-refractivity contribution in [2.75, 3.05) is 17.7 Å². The van der Waals surface area contributed by atoms with Gasteiger partial charge in [0.15, 0.2) is 9.84 Å². The summed E-state index contributed by atoms with van der Waals surface area (Å²) in [6, 6.07) is 3.68. The third kappa shape index (κ3) is 4.22. The van der Waals surface area contributed by atoms with E-state index in [9.17, 15) is 22.4 Å². The summed E-state index contributed by atoms with van der Waals surface area (Å²) in [6.07, 6.45) is 0.182. The van der Waals surface area contributed by atoms with E-state index in [2.05, 4.69) is 21.2 Å². The van der Waals surface area contributed by atoms with Gasteiger partial charge in [0.05, 0.1) is 29.2 Å². The van der Waals surface area contributed by atoms with Crippen molar-refractivity contribution in [3.8, 4) is 0 Å². The Kier molecular flexibility index (Phi) is 5.68. The van der Waals surface area contributed by atoms with Crippen molar-refractivity contribution in [1.29, 1.82) is 0 Å². The topological polar surface area (TPSA) is 89.5 Å². The molecule has 1 aliphatic rings. The number of anilines is 1. The molecule has 0 spiro atoms. The summed E-state index contributed by atoms with van der Waals surface area (Å²) < 4.78 is 42.8. The Hall–Kier alpha value is -1.78. The molecular weight excluding hydrogens is 461 g/mol. The molecule has 0 radical (unpaired) electrons. The standard InChI is InChI=1S/C17H15BrFNO5S2/c1-2-25-17(22)14-10-5-6-27(23,24)8-13(10)26-16(14)20-15(21)11-7-9(19)3-4-12(11)18/h3-4,7H,2,5-6,8H2,1H3,(H,20,21). The van der Waals surface area contributed by atoms with Crippen LogP contribution in [0.15, 0.2) is 22.7 Å². The lowest BCUT2D eigenvalue weighted by Crippen LogP contribution is -2.20. The average Bonchev–Trinajstić information content (AvgIpc) is 2.92. The van der Waals surface area contributed by atoms with Gasteiger partial charge in [0.2, 0.25) is 0 Å². The van der Waals surface area contributed by atoms with E-state index in [1.807, 2.05) is 0 Å². The zero-order valence-corrected chi connectivity index (χ0v) is 17.4. The highest BCUT2D eigenvalue weighted by atomic mass is 79.9. The van der Waals surface area contributed by atoms with E-state index in [4.69, 9.17) is 4.74 Å². The van der Waals surface area contributed by atoms with Crippen LogP contribution in [0.2, 0.25) is 0 Å². The number of fused-ring (bicyclic) bond motifs is 1. The van der Waals surface area contributed by atoms with E-state index in [1.165, 1.54) is 12.1 Å². The quantitative estimate of drug-likeness (QED) is 0.682. The number of carbonyl (C=O) groups is 2. The second-order valence-electron chi connectivity index (χ2n) is 5.85. The van der Waals surface area contributed by atoms with Gasteiger partial charge in [-0.05, 0) is 53.0 Å². The van der Waals surface area contributed by atoms with Gasteiger partial charge >= 0.3 is 5.97 Å². The third-order valence-corrected chi connectivity index (χ3v) is 7.56. The molecule has 1 aromatic heterocycles. The highest BCUT2D eigenvalue weighted by molar-refractivity contribution is 9.10. The molecule has 0 atom stereocenters. The van der Waals surface area contributed by atoms with Crippen LogP contribution in [-0.4, -0.2) is 32.7 Å². The second kappa shape index (κ2) is 7.69. The molecule has 6 nitrogen and oxygen atoms in total. The minimum atomic E-state index is -3.24. The summed E-state index contributed by atoms with van der Waals surface area (Å²) in [4.78, 5) is 25.5. The predicted octanol–water partition coefficient (Wildman–Crippen LogP) is 3.55. The van der Waals surface area contributed by atoms with E-state index < -0.39 is 27.5 Å². The van der Waals surface area contributed by atoms with Crippen molar-refractivity contribution in [2.45, 2.75) is 19.1 Å². The number of esters is 1. The molecule has 10 heteroatoms. The number of hydrogen-bond donors (Lipinski definition) is 1. The smallest absolute Gasteiger partial charge is 0.341 e. The van der Waals surface area contributed by atoms with Crippen LogP contribution < -0.4 is 5.32 Å². The fourth-order valence-corrected chi connectivity index (χ4v) is 6.23. The molecule has 0 fully saturated rings. The Labute approximate surface area is 167 Å². The average molecular weight is 476 g/mol. The molecule has 1 aliphatic heterocycles. The van der Waals surface area contributed by atoms with Gasteiger partial charge in [-0.2, -0.15) is 0 Å². The molecule has 1 amide bonds. The molecule has 27 heavy (non-hydrogen) atoms. The Morgan fingerprint density at radius 2 is 2.11 bits per heavy atom. The van der Waals surface area contributed by atoms with Gasteiger partial charge in [-0.3, -0.25) is 4.79 Å². The van der Waals surface area contributed by atoms with Crippen LogP contribution >= 0.6 is 27.3 Å². The largest absolute Gasteiger partial charge is 0.462 e. The second-order valence-corrected chi connectivity index (χ2v) is 9.99. The minimum Gasteiger partial charge on any atom is -0.462 e. The van der Waals surface area contributed by atoms with Crippen LogP contribution in [0.3, 0.4) is 0 Å². The van der Waals surface area contributed by atoms with Gasteiger partial charge < -0.3 is 10.1 Å². The molecule has 0 aliphatic carbocycles. The molecular formula is C17H15BrFNO5S2. The minimum absolute atomic E-state index is 0.0591. The van der Waals surface area contributed by atoms with Gasteiger partial charge in [0.25, 0.3) is 5.91 Å². The molecule has 2 aromatic rings. The van der Waals surface area contributed by atoms with Crippen molar-refractivity contribution in [1.82, 2.24) is 0 Å². The maximum atomic E-state index is 13.5. The summed E-state index contributed by atoms with van der Waals surface area (Å²) in [5, 5.41) is 2.81. The Bertz CT molecular complexity index is 1030. The van der Waals surface area contributed by atoms with Crippen molar-refractivity contribution in [2.24, 2.45) is 0 Å². The number of hydrogen-bond acceptors (Lipinski definition) is 6. The summed E-state index contributed by atoms with van der Waals surface area (Å²) in [6.45, 7) is 1.80. The number of halogens is 2. The first-order valence-corrected chi connectivity index (χ1v) is 11.4. The molecule has 3 rings (SSSR count).